The SMILES string of the molecule is CC(NCc1cc(Cl)ccc1Cl)c1cccc([N+](=O)[O-])c1. The summed E-state index contributed by atoms with van der Waals surface area (Å²) in [4.78, 5) is 10.4. The zero-order valence-corrected chi connectivity index (χ0v) is 12.9. The van der Waals surface area contributed by atoms with Crippen LogP contribution in [-0.4, -0.2) is 4.92 Å². The molecule has 0 fully saturated rings. The van der Waals surface area contributed by atoms with Gasteiger partial charge in [-0.3, -0.25) is 10.1 Å². The van der Waals surface area contributed by atoms with Crippen LogP contribution >= 0.6 is 23.2 Å². The van der Waals surface area contributed by atoms with Crippen molar-refractivity contribution in [2.45, 2.75) is 19.5 Å². The molecular formula is C15H14Cl2N2O2. The zero-order valence-electron chi connectivity index (χ0n) is 11.3. The summed E-state index contributed by atoms with van der Waals surface area (Å²) in [5.74, 6) is 0. The van der Waals surface area contributed by atoms with Crippen molar-refractivity contribution in [2.75, 3.05) is 0 Å². The molecule has 0 aliphatic heterocycles. The van der Waals surface area contributed by atoms with Gasteiger partial charge in [0.05, 0.1) is 4.92 Å². The van der Waals surface area contributed by atoms with Crippen LogP contribution in [0.25, 0.3) is 0 Å². The lowest BCUT2D eigenvalue weighted by Gasteiger charge is -2.15. The van der Waals surface area contributed by atoms with Crippen molar-refractivity contribution in [3.63, 3.8) is 0 Å². The lowest BCUT2D eigenvalue weighted by atomic mass is 10.1. The van der Waals surface area contributed by atoms with E-state index in [1.807, 2.05) is 13.0 Å². The molecule has 0 aromatic heterocycles. The summed E-state index contributed by atoms with van der Waals surface area (Å²) in [6, 6.07) is 11.8. The Hall–Kier alpha value is -1.62. The molecule has 0 saturated carbocycles. The van der Waals surface area contributed by atoms with E-state index in [0.29, 0.717) is 16.6 Å². The minimum absolute atomic E-state index is 0.0417. The van der Waals surface area contributed by atoms with Gasteiger partial charge in [-0.15, -0.1) is 0 Å². The molecule has 0 aliphatic rings. The molecule has 0 saturated heterocycles. The first-order valence-electron chi connectivity index (χ1n) is 6.39. The fourth-order valence-electron chi connectivity index (χ4n) is 1.97. The van der Waals surface area contributed by atoms with Crippen molar-refractivity contribution < 1.29 is 4.92 Å². The largest absolute Gasteiger partial charge is 0.306 e. The molecule has 1 atom stereocenters. The van der Waals surface area contributed by atoms with E-state index in [9.17, 15) is 10.1 Å². The van der Waals surface area contributed by atoms with E-state index >= 15 is 0 Å². The fourth-order valence-corrected chi connectivity index (χ4v) is 2.35. The van der Waals surface area contributed by atoms with E-state index < -0.39 is 4.92 Å². The van der Waals surface area contributed by atoms with Gasteiger partial charge in [-0.1, -0.05) is 35.3 Å². The lowest BCUT2D eigenvalue weighted by molar-refractivity contribution is -0.384. The highest BCUT2D eigenvalue weighted by Crippen LogP contribution is 2.23. The van der Waals surface area contributed by atoms with E-state index in [1.54, 1.807) is 30.3 Å². The van der Waals surface area contributed by atoms with Crippen LogP contribution in [0.5, 0.6) is 0 Å². The number of nitro groups is 1. The topological polar surface area (TPSA) is 55.2 Å². The quantitative estimate of drug-likeness (QED) is 0.637. The normalized spacial score (nSPS) is 12.1. The van der Waals surface area contributed by atoms with Crippen molar-refractivity contribution in [2.24, 2.45) is 0 Å². The van der Waals surface area contributed by atoms with Crippen molar-refractivity contribution in [1.82, 2.24) is 5.32 Å². The van der Waals surface area contributed by atoms with Crippen molar-refractivity contribution >= 4 is 28.9 Å². The van der Waals surface area contributed by atoms with Gasteiger partial charge in [0, 0.05) is 34.8 Å². The number of benzene rings is 2. The van der Waals surface area contributed by atoms with Crippen molar-refractivity contribution in [3.05, 3.63) is 73.8 Å². The molecule has 4 nitrogen and oxygen atoms in total. The number of non-ortho nitro benzene ring substituents is 1. The molecule has 0 radical (unpaired) electrons. The summed E-state index contributed by atoms with van der Waals surface area (Å²) in [5.41, 5.74) is 1.82. The third-order valence-electron chi connectivity index (χ3n) is 3.19. The molecule has 1 unspecified atom stereocenters. The Labute approximate surface area is 132 Å². The van der Waals surface area contributed by atoms with Gasteiger partial charge in [0.1, 0.15) is 0 Å². The highest BCUT2D eigenvalue weighted by molar-refractivity contribution is 6.33. The molecule has 0 bridgehead atoms. The summed E-state index contributed by atoms with van der Waals surface area (Å²) in [6.07, 6.45) is 0. The van der Waals surface area contributed by atoms with Crippen LogP contribution < -0.4 is 5.32 Å². The number of rotatable bonds is 5. The molecule has 2 aromatic carbocycles. The van der Waals surface area contributed by atoms with E-state index in [2.05, 4.69) is 5.32 Å². The van der Waals surface area contributed by atoms with Crippen LogP contribution in [0.1, 0.15) is 24.1 Å². The van der Waals surface area contributed by atoms with Gasteiger partial charge in [0.25, 0.3) is 5.69 Å². The molecule has 110 valence electrons. The maximum atomic E-state index is 10.8. The van der Waals surface area contributed by atoms with E-state index in [1.165, 1.54) is 6.07 Å². The number of nitro benzene ring substituents is 1. The minimum Gasteiger partial charge on any atom is -0.306 e. The standard InChI is InChI=1S/C15H14Cl2N2O2/c1-10(11-3-2-4-14(8-11)19(20)21)18-9-12-7-13(16)5-6-15(12)17/h2-8,10,18H,9H2,1H3. The molecule has 21 heavy (non-hydrogen) atoms. The highest BCUT2D eigenvalue weighted by Gasteiger charge is 2.11. The summed E-state index contributed by atoms with van der Waals surface area (Å²) in [5, 5.41) is 15.3. The molecule has 2 rings (SSSR count). The Morgan fingerprint density at radius 3 is 2.71 bits per heavy atom. The molecule has 1 N–H and O–H groups in total. The Bertz CT molecular complexity index is 662. The molecule has 2 aromatic rings. The van der Waals surface area contributed by atoms with Gasteiger partial charge < -0.3 is 5.32 Å². The molecule has 0 heterocycles. The average Bonchev–Trinajstić information content (AvgIpc) is 2.48. The summed E-state index contributed by atoms with van der Waals surface area (Å²) in [7, 11) is 0. The van der Waals surface area contributed by atoms with Crippen LogP contribution in [0.3, 0.4) is 0 Å². The molecule has 6 heteroatoms. The second-order valence-electron chi connectivity index (χ2n) is 4.69. The highest BCUT2D eigenvalue weighted by atomic mass is 35.5. The average molecular weight is 325 g/mol. The minimum atomic E-state index is -0.399. The monoisotopic (exact) mass is 324 g/mol. The van der Waals surface area contributed by atoms with Crippen molar-refractivity contribution in [3.8, 4) is 0 Å². The third-order valence-corrected chi connectivity index (χ3v) is 3.79. The van der Waals surface area contributed by atoms with Crippen molar-refractivity contribution in [1.29, 1.82) is 0 Å². The summed E-state index contributed by atoms with van der Waals surface area (Å²) >= 11 is 12.0. The Morgan fingerprint density at radius 1 is 1.24 bits per heavy atom. The maximum absolute atomic E-state index is 10.8. The summed E-state index contributed by atoms with van der Waals surface area (Å²) in [6.45, 7) is 2.47. The van der Waals surface area contributed by atoms with E-state index in [-0.39, 0.29) is 11.7 Å². The first-order chi connectivity index (χ1) is 9.97. The number of nitrogens with zero attached hydrogens (tertiary/aromatic N) is 1. The number of nitrogens with one attached hydrogen (secondary N) is 1. The second kappa shape index (κ2) is 6.89. The van der Waals surface area contributed by atoms with Crippen LogP contribution in [-0.2, 0) is 6.54 Å². The Balaban J connectivity index is 2.08. The van der Waals surface area contributed by atoms with Gasteiger partial charge in [-0.05, 0) is 36.2 Å². The Morgan fingerprint density at radius 2 is 2.00 bits per heavy atom. The van der Waals surface area contributed by atoms with E-state index in [4.69, 9.17) is 23.2 Å². The smallest absolute Gasteiger partial charge is 0.269 e. The maximum Gasteiger partial charge on any atom is 0.269 e. The lowest BCUT2D eigenvalue weighted by Crippen LogP contribution is -2.18. The zero-order chi connectivity index (χ0) is 15.4. The Kier molecular flexibility index (Phi) is 5.17. The van der Waals surface area contributed by atoms with Gasteiger partial charge in [-0.25, -0.2) is 0 Å². The van der Waals surface area contributed by atoms with Gasteiger partial charge in [-0.2, -0.15) is 0 Å². The van der Waals surface area contributed by atoms with Gasteiger partial charge in [0.2, 0.25) is 0 Å². The molecule has 0 spiro atoms. The predicted octanol–water partition coefficient (Wildman–Crippen LogP) is 4.75. The molecule has 0 amide bonds. The van der Waals surface area contributed by atoms with Gasteiger partial charge in [0.15, 0.2) is 0 Å². The number of halogens is 2. The van der Waals surface area contributed by atoms with E-state index in [0.717, 1.165) is 11.1 Å². The first-order valence-corrected chi connectivity index (χ1v) is 7.14. The van der Waals surface area contributed by atoms with Gasteiger partial charge >= 0.3 is 0 Å². The number of hydrogen-bond donors (Lipinski definition) is 1. The number of hydrogen-bond acceptors (Lipinski definition) is 3. The first kappa shape index (κ1) is 15.8. The van der Waals surface area contributed by atoms with Crippen LogP contribution in [0.4, 0.5) is 5.69 Å². The van der Waals surface area contributed by atoms with Crippen LogP contribution in [0.2, 0.25) is 10.0 Å². The second-order valence-corrected chi connectivity index (χ2v) is 5.53. The third kappa shape index (κ3) is 4.17. The predicted molar refractivity (Wildman–Crippen MR) is 84.8 cm³/mol. The fraction of sp³-hybridized carbons (Fsp3) is 0.200. The summed E-state index contributed by atoms with van der Waals surface area (Å²) < 4.78 is 0. The van der Waals surface area contributed by atoms with Crippen LogP contribution in [0, 0.1) is 10.1 Å². The van der Waals surface area contributed by atoms with Crippen LogP contribution in [0.15, 0.2) is 42.5 Å². The molecular weight excluding hydrogens is 311 g/mol. The molecule has 0 aliphatic carbocycles.